The van der Waals surface area contributed by atoms with Gasteiger partial charge in [0.1, 0.15) is 24.3 Å². The zero-order valence-corrected chi connectivity index (χ0v) is 17.4. The van der Waals surface area contributed by atoms with E-state index >= 15 is 0 Å². The molecule has 2 atom stereocenters. The summed E-state index contributed by atoms with van der Waals surface area (Å²) in [6, 6.07) is 14.7. The van der Waals surface area contributed by atoms with E-state index in [4.69, 9.17) is 21.3 Å². The predicted octanol–water partition coefficient (Wildman–Crippen LogP) is 3.11. The van der Waals surface area contributed by atoms with Crippen molar-refractivity contribution in [3.63, 3.8) is 0 Å². The molecule has 4 rings (SSSR count). The highest BCUT2D eigenvalue weighted by Gasteiger charge is 2.29. The van der Waals surface area contributed by atoms with E-state index in [1.54, 1.807) is 24.3 Å². The molecule has 6 nitrogen and oxygen atoms in total. The van der Waals surface area contributed by atoms with Gasteiger partial charge in [0.15, 0.2) is 9.84 Å². The van der Waals surface area contributed by atoms with Crippen LogP contribution in [0.3, 0.4) is 0 Å². The van der Waals surface area contributed by atoms with Crippen LogP contribution in [0.1, 0.15) is 12.2 Å². The Hall–Kier alpha value is -2.09. The van der Waals surface area contributed by atoms with Crippen LogP contribution >= 0.6 is 11.6 Å². The summed E-state index contributed by atoms with van der Waals surface area (Å²) in [6.07, 6.45) is 0.501. The summed E-state index contributed by atoms with van der Waals surface area (Å²) >= 11 is 5.88. The van der Waals surface area contributed by atoms with Crippen molar-refractivity contribution in [1.82, 2.24) is 9.55 Å². The number of aliphatic hydroxyl groups is 1. The van der Waals surface area contributed by atoms with E-state index in [9.17, 15) is 13.5 Å². The number of rotatable bonds is 7. The number of hydrogen-bond acceptors (Lipinski definition) is 5. The molecule has 0 radical (unpaired) electrons. The number of imidazole rings is 1. The zero-order chi connectivity index (χ0) is 20.4. The average Bonchev–Trinajstić information content (AvgIpc) is 3.21. The standard InChI is InChI=1S/C21H23ClN2O4S/c22-16-5-7-18(8-6-16)28-13-17(25)12-24-20-4-2-1-3-19(20)23-21(24)11-15-9-10-29(26,27)14-15/h1-8,15,17,25H,9-14H2/t15-,17-/m0/s1. The number of hydrogen-bond donors (Lipinski definition) is 1. The first-order valence-corrected chi connectivity index (χ1v) is 11.8. The third kappa shape index (κ3) is 4.91. The maximum Gasteiger partial charge on any atom is 0.150 e. The summed E-state index contributed by atoms with van der Waals surface area (Å²) in [5, 5.41) is 11.2. The first-order chi connectivity index (χ1) is 13.9. The number of fused-ring (bicyclic) bond motifs is 1. The Kier molecular flexibility index (Phi) is 5.81. The average molecular weight is 435 g/mol. The second-order valence-electron chi connectivity index (χ2n) is 7.52. The van der Waals surface area contributed by atoms with Crippen molar-refractivity contribution in [3.8, 4) is 5.75 Å². The fraction of sp³-hybridized carbons (Fsp3) is 0.381. The largest absolute Gasteiger partial charge is 0.491 e. The molecule has 154 valence electrons. The number of para-hydroxylation sites is 2. The second-order valence-corrected chi connectivity index (χ2v) is 10.2. The van der Waals surface area contributed by atoms with Gasteiger partial charge >= 0.3 is 0 Å². The first-order valence-electron chi connectivity index (χ1n) is 9.60. The van der Waals surface area contributed by atoms with Gasteiger partial charge in [0.2, 0.25) is 0 Å². The first kappa shape index (κ1) is 20.2. The highest BCUT2D eigenvalue weighted by molar-refractivity contribution is 7.91. The molecule has 29 heavy (non-hydrogen) atoms. The summed E-state index contributed by atoms with van der Waals surface area (Å²) in [7, 11) is -2.94. The van der Waals surface area contributed by atoms with Crippen molar-refractivity contribution in [2.24, 2.45) is 5.92 Å². The molecule has 0 unspecified atom stereocenters. The Morgan fingerprint density at radius 2 is 1.97 bits per heavy atom. The van der Waals surface area contributed by atoms with Gasteiger partial charge in [0, 0.05) is 11.4 Å². The van der Waals surface area contributed by atoms with Crippen LogP contribution in [-0.4, -0.2) is 47.3 Å². The van der Waals surface area contributed by atoms with E-state index in [0.29, 0.717) is 30.2 Å². The fourth-order valence-corrected chi connectivity index (χ4v) is 5.75. The summed E-state index contributed by atoms with van der Waals surface area (Å²) < 4.78 is 31.3. The number of nitrogens with zero attached hydrogens (tertiary/aromatic N) is 2. The minimum absolute atomic E-state index is 0.0676. The quantitative estimate of drug-likeness (QED) is 0.618. The summed E-state index contributed by atoms with van der Waals surface area (Å²) in [4.78, 5) is 4.71. The molecule has 1 N–H and O–H groups in total. The molecule has 1 saturated heterocycles. The van der Waals surface area contributed by atoms with Gasteiger partial charge in [-0.05, 0) is 48.7 Å². The van der Waals surface area contributed by atoms with Crippen molar-refractivity contribution < 1.29 is 18.3 Å². The lowest BCUT2D eigenvalue weighted by Gasteiger charge is -2.17. The Balaban J connectivity index is 1.49. The van der Waals surface area contributed by atoms with Gasteiger partial charge in [-0.3, -0.25) is 0 Å². The molecule has 8 heteroatoms. The molecular formula is C21H23ClN2O4S. The molecule has 2 heterocycles. The van der Waals surface area contributed by atoms with E-state index in [1.807, 2.05) is 28.8 Å². The SMILES string of the molecule is O=S1(=O)CC[C@@H](Cc2nc3ccccc3n2C[C@H](O)COc2ccc(Cl)cc2)C1. The van der Waals surface area contributed by atoms with Crippen molar-refractivity contribution in [3.05, 3.63) is 59.4 Å². The third-order valence-electron chi connectivity index (χ3n) is 5.18. The van der Waals surface area contributed by atoms with Crippen molar-refractivity contribution in [1.29, 1.82) is 0 Å². The van der Waals surface area contributed by atoms with Crippen LogP contribution in [0.5, 0.6) is 5.75 Å². The molecule has 1 aliphatic rings. The Morgan fingerprint density at radius 3 is 2.69 bits per heavy atom. The van der Waals surface area contributed by atoms with Crippen LogP contribution in [0.2, 0.25) is 5.02 Å². The normalized spacial score (nSPS) is 19.4. The minimum Gasteiger partial charge on any atom is -0.491 e. The van der Waals surface area contributed by atoms with Gasteiger partial charge in [0.25, 0.3) is 0 Å². The maximum atomic E-state index is 11.8. The lowest BCUT2D eigenvalue weighted by molar-refractivity contribution is 0.0926. The number of halogens is 1. The van der Waals surface area contributed by atoms with Crippen molar-refractivity contribution in [2.75, 3.05) is 18.1 Å². The Bertz CT molecular complexity index is 1100. The summed E-state index contributed by atoms with van der Waals surface area (Å²) in [5.74, 6) is 1.96. The van der Waals surface area contributed by atoms with E-state index in [-0.39, 0.29) is 24.0 Å². The molecular weight excluding hydrogens is 412 g/mol. The summed E-state index contributed by atoms with van der Waals surface area (Å²) in [5.41, 5.74) is 1.77. The number of ether oxygens (including phenoxy) is 1. The van der Waals surface area contributed by atoms with Crippen LogP contribution in [0, 0.1) is 5.92 Å². The molecule has 1 aliphatic heterocycles. The van der Waals surface area contributed by atoms with E-state index in [2.05, 4.69) is 0 Å². The van der Waals surface area contributed by atoms with Crippen LogP contribution < -0.4 is 4.74 Å². The Labute approximate surface area is 175 Å². The Morgan fingerprint density at radius 1 is 1.21 bits per heavy atom. The van der Waals surface area contributed by atoms with Gasteiger partial charge in [-0.25, -0.2) is 13.4 Å². The van der Waals surface area contributed by atoms with Gasteiger partial charge < -0.3 is 14.4 Å². The molecule has 3 aromatic rings. The second kappa shape index (κ2) is 8.34. The van der Waals surface area contributed by atoms with Crippen LogP contribution in [0.15, 0.2) is 48.5 Å². The monoisotopic (exact) mass is 434 g/mol. The molecule has 1 aromatic heterocycles. The zero-order valence-electron chi connectivity index (χ0n) is 15.9. The predicted molar refractivity (Wildman–Crippen MR) is 113 cm³/mol. The van der Waals surface area contributed by atoms with Crippen LogP contribution in [0.4, 0.5) is 0 Å². The van der Waals surface area contributed by atoms with E-state index in [0.717, 1.165) is 16.9 Å². The molecule has 1 fully saturated rings. The fourth-order valence-electron chi connectivity index (χ4n) is 3.76. The molecule has 0 bridgehead atoms. The number of sulfone groups is 1. The molecule has 0 amide bonds. The molecule has 0 spiro atoms. The maximum absolute atomic E-state index is 11.8. The number of benzene rings is 2. The molecule has 0 saturated carbocycles. The van der Waals surface area contributed by atoms with Crippen LogP contribution in [0.25, 0.3) is 11.0 Å². The van der Waals surface area contributed by atoms with Gasteiger partial charge in [0.05, 0.1) is 29.1 Å². The molecule has 0 aliphatic carbocycles. The highest BCUT2D eigenvalue weighted by Crippen LogP contribution is 2.25. The minimum atomic E-state index is -2.94. The number of aromatic nitrogens is 2. The van der Waals surface area contributed by atoms with Crippen molar-refractivity contribution in [2.45, 2.75) is 25.5 Å². The van der Waals surface area contributed by atoms with Gasteiger partial charge in [-0.15, -0.1) is 0 Å². The smallest absolute Gasteiger partial charge is 0.150 e. The highest BCUT2D eigenvalue weighted by atomic mass is 35.5. The lowest BCUT2D eigenvalue weighted by Crippen LogP contribution is -2.25. The molecule has 2 aromatic carbocycles. The van der Waals surface area contributed by atoms with E-state index in [1.165, 1.54) is 0 Å². The van der Waals surface area contributed by atoms with Gasteiger partial charge in [-0.1, -0.05) is 23.7 Å². The van der Waals surface area contributed by atoms with Gasteiger partial charge in [-0.2, -0.15) is 0 Å². The van der Waals surface area contributed by atoms with E-state index < -0.39 is 15.9 Å². The number of aliphatic hydroxyl groups excluding tert-OH is 1. The third-order valence-corrected chi connectivity index (χ3v) is 7.27. The topological polar surface area (TPSA) is 81.4 Å². The lowest BCUT2D eigenvalue weighted by atomic mass is 10.1. The van der Waals surface area contributed by atoms with Crippen LogP contribution in [-0.2, 0) is 22.8 Å². The van der Waals surface area contributed by atoms with Crippen molar-refractivity contribution >= 4 is 32.5 Å². The summed E-state index contributed by atoms with van der Waals surface area (Å²) in [6.45, 7) is 0.453.